The van der Waals surface area contributed by atoms with Gasteiger partial charge in [-0.25, -0.2) is 0 Å². The molecule has 1 nitrogen and oxygen atoms in total. The molecule has 0 aliphatic carbocycles. The van der Waals surface area contributed by atoms with E-state index in [-0.39, 0.29) is 0 Å². The fourth-order valence-corrected chi connectivity index (χ4v) is 1.82. The van der Waals surface area contributed by atoms with Crippen LogP contribution in [0.15, 0.2) is 24.5 Å². The van der Waals surface area contributed by atoms with Gasteiger partial charge in [0.15, 0.2) is 0 Å². The van der Waals surface area contributed by atoms with Crippen LogP contribution in [0.3, 0.4) is 0 Å². The molecule has 0 radical (unpaired) electrons. The van der Waals surface area contributed by atoms with Crippen molar-refractivity contribution < 1.29 is 0 Å². The van der Waals surface area contributed by atoms with Gasteiger partial charge in [0.2, 0.25) is 0 Å². The first-order chi connectivity index (χ1) is 4.36. The predicted molar refractivity (Wildman–Crippen MR) is 40.0 cm³/mol. The van der Waals surface area contributed by atoms with E-state index in [1.165, 1.54) is 9.71 Å². The van der Waals surface area contributed by atoms with Gasteiger partial charge in [-0.15, -0.1) is 11.3 Å². The number of fused-ring (bicyclic) bond motifs is 1. The van der Waals surface area contributed by atoms with E-state index in [9.17, 15) is 0 Å². The number of rotatable bonds is 0. The molecule has 0 saturated heterocycles. The molecule has 0 aromatic carbocycles. The van der Waals surface area contributed by atoms with Crippen LogP contribution in [-0.4, -0.2) is 4.40 Å². The van der Waals surface area contributed by atoms with E-state index in [1.54, 1.807) is 0 Å². The molecule has 0 bridgehead atoms. The summed E-state index contributed by atoms with van der Waals surface area (Å²) in [7, 11) is 0. The van der Waals surface area contributed by atoms with E-state index in [1.807, 2.05) is 11.3 Å². The number of aromatic nitrogens is 1. The zero-order chi connectivity index (χ0) is 6.27. The zero-order valence-electron chi connectivity index (χ0n) is 5.16. The largest absolute Gasteiger partial charge is 0.314 e. The second-order valence-electron chi connectivity index (χ2n) is 2.10. The van der Waals surface area contributed by atoms with E-state index >= 15 is 0 Å². The first-order valence-electron chi connectivity index (χ1n) is 2.89. The fraction of sp³-hybridized carbons (Fsp3) is 0.143. The highest BCUT2D eigenvalue weighted by Gasteiger charge is 1.93. The lowest BCUT2D eigenvalue weighted by molar-refractivity contribution is 1.22. The van der Waals surface area contributed by atoms with Gasteiger partial charge in [-0.3, -0.25) is 0 Å². The molecule has 0 amide bonds. The highest BCUT2D eigenvalue weighted by molar-refractivity contribution is 7.17. The number of thiazole rings is 1. The van der Waals surface area contributed by atoms with E-state index in [0.717, 1.165) is 0 Å². The minimum absolute atomic E-state index is 1.33. The molecular formula is C7H7NS. The number of aryl methyl sites for hydroxylation is 1. The Kier molecular flexibility index (Phi) is 0.904. The van der Waals surface area contributed by atoms with Crippen molar-refractivity contribution in [1.29, 1.82) is 0 Å². The van der Waals surface area contributed by atoms with Crippen LogP contribution in [-0.2, 0) is 0 Å². The van der Waals surface area contributed by atoms with Crippen molar-refractivity contribution in [2.24, 2.45) is 0 Å². The molecular weight excluding hydrogens is 130 g/mol. The maximum Gasteiger partial charge on any atom is 0.0993 e. The summed E-state index contributed by atoms with van der Waals surface area (Å²) in [5.74, 6) is 0. The van der Waals surface area contributed by atoms with Gasteiger partial charge < -0.3 is 4.40 Å². The minimum atomic E-state index is 1.33. The first kappa shape index (κ1) is 5.06. The maximum atomic E-state index is 2.14. The summed E-state index contributed by atoms with van der Waals surface area (Å²) >= 11 is 1.82. The van der Waals surface area contributed by atoms with Crippen molar-refractivity contribution in [1.82, 2.24) is 4.40 Å². The lowest BCUT2D eigenvalue weighted by Crippen LogP contribution is -1.66. The molecule has 2 aromatic rings. The lowest BCUT2D eigenvalue weighted by Gasteiger charge is -1.74. The van der Waals surface area contributed by atoms with Gasteiger partial charge in [0, 0.05) is 17.3 Å². The Morgan fingerprint density at radius 3 is 3.22 bits per heavy atom. The summed E-state index contributed by atoms with van der Waals surface area (Å²) in [6, 6.07) is 4.18. The normalized spacial score (nSPS) is 10.8. The zero-order valence-corrected chi connectivity index (χ0v) is 5.98. The smallest absolute Gasteiger partial charge is 0.0993 e. The van der Waals surface area contributed by atoms with Crippen molar-refractivity contribution >= 4 is 16.2 Å². The number of hydrogen-bond acceptors (Lipinski definition) is 1. The Labute approximate surface area is 57.6 Å². The lowest BCUT2D eigenvalue weighted by atomic mass is 10.6. The van der Waals surface area contributed by atoms with E-state index in [0.29, 0.717) is 0 Å². The van der Waals surface area contributed by atoms with Crippen LogP contribution >= 0.6 is 11.3 Å². The Balaban J connectivity index is 2.92. The van der Waals surface area contributed by atoms with Gasteiger partial charge in [-0.05, 0) is 19.1 Å². The van der Waals surface area contributed by atoms with Crippen molar-refractivity contribution in [2.75, 3.05) is 0 Å². The summed E-state index contributed by atoms with van der Waals surface area (Å²) in [6.07, 6.45) is 4.21. The molecule has 2 rings (SSSR count). The summed E-state index contributed by atoms with van der Waals surface area (Å²) in [5, 5.41) is 0. The Bertz CT molecular complexity index is 290. The van der Waals surface area contributed by atoms with Crippen LogP contribution in [0.5, 0.6) is 0 Å². The molecule has 2 heterocycles. The molecule has 0 atom stereocenters. The van der Waals surface area contributed by atoms with Crippen molar-refractivity contribution in [3.8, 4) is 0 Å². The molecule has 0 spiro atoms. The summed E-state index contributed by atoms with van der Waals surface area (Å²) in [4.78, 5) is 2.69. The van der Waals surface area contributed by atoms with Gasteiger partial charge in [0.05, 0.1) is 4.83 Å². The van der Waals surface area contributed by atoms with Gasteiger partial charge >= 0.3 is 0 Å². The molecule has 2 aromatic heterocycles. The molecule has 46 valence electrons. The van der Waals surface area contributed by atoms with Crippen molar-refractivity contribution in [2.45, 2.75) is 6.92 Å². The number of nitrogens with zero attached hydrogens (tertiary/aromatic N) is 1. The topological polar surface area (TPSA) is 4.41 Å². The SMILES string of the molecule is Cc1cn2cccc2s1. The molecule has 0 unspecified atom stereocenters. The first-order valence-corrected chi connectivity index (χ1v) is 3.71. The summed E-state index contributed by atoms with van der Waals surface area (Å²) in [5.41, 5.74) is 0. The van der Waals surface area contributed by atoms with Gasteiger partial charge in [0.25, 0.3) is 0 Å². The van der Waals surface area contributed by atoms with Gasteiger partial charge in [-0.1, -0.05) is 0 Å². The highest BCUT2D eigenvalue weighted by atomic mass is 32.1. The third-order valence-corrected chi connectivity index (χ3v) is 2.31. The van der Waals surface area contributed by atoms with Gasteiger partial charge in [-0.2, -0.15) is 0 Å². The molecule has 0 fully saturated rings. The Morgan fingerprint density at radius 1 is 1.56 bits per heavy atom. The van der Waals surface area contributed by atoms with Crippen molar-refractivity contribution in [3.63, 3.8) is 0 Å². The van der Waals surface area contributed by atoms with Gasteiger partial charge in [0.1, 0.15) is 0 Å². The average Bonchev–Trinajstić information content (AvgIpc) is 2.22. The van der Waals surface area contributed by atoms with Crippen LogP contribution < -0.4 is 0 Å². The van der Waals surface area contributed by atoms with E-state index in [2.05, 4.69) is 35.9 Å². The third kappa shape index (κ3) is 0.669. The fourth-order valence-electron chi connectivity index (χ4n) is 0.958. The average molecular weight is 137 g/mol. The molecule has 0 aliphatic rings. The minimum Gasteiger partial charge on any atom is -0.314 e. The molecule has 0 aliphatic heterocycles. The van der Waals surface area contributed by atoms with E-state index < -0.39 is 0 Å². The van der Waals surface area contributed by atoms with E-state index in [4.69, 9.17) is 0 Å². The predicted octanol–water partition coefficient (Wildman–Crippen LogP) is 2.31. The monoisotopic (exact) mass is 137 g/mol. The van der Waals surface area contributed by atoms with Crippen LogP contribution in [0.4, 0.5) is 0 Å². The Hall–Kier alpha value is -0.760. The van der Waals surface area contributed by atoms with Crippen LogP contribution in [0.2, 0.25) is 0 Å². The molecule has 0 saturated carbocycles. The molecule has 9 heavy (non-hydrogen) atoms. The highest BCUT2D eigenvalue weighted by Crippen LogP contribution is 2.16. The summed E-state index contributed by atoms with van der Waals surface area (Å²) < 4.78 is 2.14. The second kappa shape index (κ2) is 1.61. The quantitative estimate of drug-likeness (QED) is 0.525. The second-order valence-corrected chi connectivity index (χ2v) is 3.36. The van der Waals surface area contributed by atoms with Crippen LogP contribution in [0, 0.1) is 6.92 Å². The standard InChI is InChI=1S/C7H7NS/c1-6-5-8-4-2-3-7(8)9-6/h2-5H,1H3. The van der Waals surface area contributed by atoms with Crippen molar-refractivity contribution in [3.05, 3.63) is 29.4 Å². The molecule has 0 N–H and O–H groups in total. The molecule has 2 heteroatoms. The third-order valence-electron chi connectivity index (χ3n) is 1.33. The maximum absolute atomic E-state index is 2.14. The summed E-state index contributed by atoms with van der Waals surface area (Å²) in [6.45, 7) is 2.12. The van der Waals surface area contributed by atoms with Crippen LogP contribution in [0.1, 0.15) is 4.88 Å². The number of hydrogen-bond donors (Lipinski definition) is 0. The Morgan fingerprint density at radius 2 is 2.44 bits per heavy atom. The van der Waals surface area contributed by atoms with Crippen LogP contribution in [0.25, 0.3) is 4.83 Å².